The summed E-state index contributed by atoms with van der Waals surface area (Å²) in [6.45, 7) is 14.6. The number of hydrogen-bond donors (Lipinski definition) is 0. The Morgan fingerprint density at radius 3 is 2.60 bits per heavy atom. The van der Waals surface area contributed by atoms with Crippen molar-refractivity contribution in [2.45, 2.75) is 65.3 Å². The lowest BCUT2D eigenvalue weighted by Crippen LogP contribution is -2.33. The summed E-state index contributed by atoms with van der Waals surface area (Å²) < 4.78 is 8.20. The van der Waals surface area contributed by atoms with Crippen molar-refractivity contribution in [3.63, 3.8) is 0 Å². The number of hydrogen-bond acceptors (Lipinski definition) is 6. The van der Waals surface area contributed by atoms with Gasteiger partial charge in [-0.05, 0) is 37.8 Å². The Hall–Kier alpha value is -2.29. The molecular formula is C26H35ClN6OSi. The van der Waals surface area contributed by atoms with E-state index in [0.29, 0.717) is 11.8 Å². The zero-order valence-electron chi connectivity index (χ0n) is 21.4. The number of halogens is 1. The van der Waals surface area contributed by atoms with Gasteiger partial charge in [0.25, 0.3) is 0 Å². The molecule has 0 spiro atoms. The van der Waals surface area contributed by atoms with Gasteiger partial charge in [0, 0.05) is 45.1 Å². The quantitative estimate of drug-likeness (QED) is 0.335. The molecule has 1 atom stereocenters. The molecule has 3 aromatic rings. The molecule has 0 bridgehead atoms. The zero-order valence-corrected chi connectivity index (χ0v) is 23.1. The third-order valence-corrected chi connectivity index (χ3v) is 9.00. The summed E-state index contributed by atoms with van der Waals surface area (Å²) in [5.74, 6) is 1.69. The number of nitrogens with zero attached hydrogens (tertiary/aromatic N) is 6. The molecule has 35 heavy (non-hydrogen) atoms. The highest BCUT2D eigenvalue weighted by Gasteiger charge is 2.22. The molecule has 2 aromatic heterocycles. The molecule has 0 N–H and O–H groups in total. The molecule has 9 heteroatoms. The molecule has 7 nitrogen and oxygen atoms in total. The maximum atomic E-state index is 6.86. The van der Waals surface area contributed by atoms with Crippen molar-refractivity contribution in [1.82, 2.24) is 14.5 Å². The lowest BCUT2D eigenvalue weighted by molar-refractivity contribution is 0.0899. The van der Waals surface area contributed by atoms with Crippen LogP contribution in [0.4, 0.5) is 5.82 Å². The number of benzene rings is 1. The molecule has 2 aliphatic heterocycles. The van der Waals surface area contributed by atoms with Gasteiger partial charge in [0.15, 0.2) is 5.65 Å². The Morgan fingerprint density at radius 1 is 1.09 bits per heavy atom. The SMILES string of the molecule is CC1CCN(c2cnc3c(-c4ccc5c(c4Cl)=NC(C)N=5)cn(COCC[Si](C)(C)C)c3n2)CC1. The standard InChI is InChI=1S/C26H35ClN6OSi/c1-17-8-10-32(11-9-17)22-14-28-24-20(19-6-7-21-25(23(19)27)30-18(2)29-21)15-33(26(24)31-22)16-34-12-13-35(3,4)5/h6-7,14-15,17-18H,8-13,16H2,1-5H3. The first-order valence-corrected chi connectivity index (χ1v) is 16.7. The van der Waals surface area contributed by atoms with Gasteiger partial charge >= 0.3 is 0 Å². The van der Waals surface area contributed by atoms with E-state index in [2.05, 4.69) is 52.2 Å². The predicted molar refractivity (Wildman–Crippen MR) is 144 cm³/mol. The molecule has 1 unspecified atom stereocenters. The first-order chi connectivity index (χ1) is 16.7. The highest BCUT2D eigenvalue weighted by atomic mass is 35.5. The van der Waals surface area contributed by atoms with Crippen molar-refractivity contribution < 1.29 is 4.74 Å². The van der Waals surface area contributed by atoms with Crippen molar-refractivity contribution in [3.8, 4) is 11.1 Å². The third-order valence-electron chi connectivity index (χ3n) is 6.91. The average Bonchev–Trinajstić information content (AvgIpc) is 3.37. The molecule has 0 amide bonds. The number of fused-ring (bicyclic) bond motifs is 2. The van der Waals surface area contributed by atoms with Gasteiger partial charge in [-0.15, -0.1) is 0 Å². The topological polar surface area (TPSA) is 67.9 Å². The summed E-state index contributed by atoms with van der Waals surface area (Å²) in [5.41, 5.74) is 3.51. The van der Waals surface area contributed by atoms with Gasteiger partial charge in [-0.1, -0.05) is 44.2 Å². The van der Waals surface area contributed by atoms with E-state index in [1.807, 2.05) is 25.3 Å². The minimum atomic E-state index is -1.16. The molecule has 5 rings (SSSR count). The summed E-state index contributed by atoms with van der Waals surface area (Å²) in [4.78, 5) is 21.5. The summed E-state index contributed by atoms with van der Waals surface area (Å²) in [5, 5.41) is 2.22. The summed E-state index contributed by atoms with van der Waals surface area (Å²) in [7, 11) is -1.16. The van der Waals surface area contributed by atoms with Crippen molar-refractivity contribution in [3.05, 3.63) is 40.3 Å². The van der Waals surface area contributed by atoms with Crippen LogP contribution in [-0.2, 0) is 11.5 Å². The number of rotatable bonds is 7. The second-order valence-corrected chi connectivity index (χ2v) is 17.1. The Labute approximate surface area is 212 Å². The fourth-order valence-corrected chi connectivity index (χ4v) is 5.74. The Bertz CT molecular complexity index is 1360. The van der Waals surface area contributed by atoms with Gasteiger partial charge < -0.3 is 14.2 Å². The van der Waals surface area contributed by atoms with Crippen LogP contribution in [0.2, 0.25) is 30.7 Å². The van der Waals surface area contributed by atoms with Crippen LogP contribution in [0.5, 0.6) is 0 Å². The van der Waals surface area contributed by atoms with E-state index in [4.69, 9.17) is 26.3 Å². The van der Waals surface area contributed by atoms with Crippen LogP contribution >= 0.6 is 11.6 Å². The van der Waals surface area contributed by atoms with Crippen LogP contribution in [0.15, 0.2) is 34.5 Å². The zero-order chi connectivity index (χ0) is 24.7. The molecule has 0 aliphatic carbocycles. The second-order valence-electron chi connectivity index (χ2n) is 11.1. The van der Waals surface area contributed by atoms with Gasteiger partial charge in [-0.25, -0.2) is 9.97 Å². The number of ether oxygens (including phenoxy) is 1. The van der Waals surface area contributed by atoms with Crippen molar-refractivity contribution >= 4 is 36.7 Å². The highest BCUT2D eigenvalue weighted by molar-refractivity contribution is 6.76. The summed E-state index contributed by atoms with van der Waals surface area (Å²) >= 11 is 6.86. The molecule has 1 fully saturated rings. The smallest absolute Gasteiger partial charge is 0.163 e. The van der Waals surface area contributed by atoms with E-state index < -0.39 is 8.07 Å². The lowest BCUT2D eigenvalue weighted by Gasteiger charge is -2.30. The highest BCUT2D eigenvalue weighted by Crippen LogP contribution is 2.33. The maximum Gasteiger partial charge on any atom is 0.163 e. The molecule has 4 heterocycles. The van der Waals surface area contributed by atoms with E-state index in [0.717, 1.165) is 70.5 Å². The predicted octanol–water partition coefficient (Wildman–Crippen LogP) is 4.90. The van der Waals surface area contributed by atoms with Crippen molar-refractivity contribution in [2.75, 3.05) is 24.6 Å². The van der Waals surface area contributed by atoms with E-state index in [1.165, 1.54) is 12.8 Å². The van der Waals surface area contributed by atoms with Gasteiger partial charge in [0.05, 0.1) is 16.6 Å². The van der Waals surface area contributed by atoms with Crippen LogP contribution in [0.25, 0.3) is 22.3 Å². The Kier molecular flexibility index (Phi) is 6.72. The minimum absolute atomic E-state index is 0.103. The second kappa shape index (κ2) is 9.63. The summed E-state index contributed by atoms with van der Waals surface area (Å²) in [6, 6.07) is 5.14. The molecule has 0 saturated carbocycles. The van der Waals surface area contributed by atoms with Crippen LogP contribution in [0.3, 0.4) is 0 Å². The first kappa shape index (κ1) is 24.4. The lowest BCUT2D eigenvalue weighted by atomic mass is 9.99. The molecule has 2 aliphatic rings. The van der Waals surface area contributed by atoms with Crippen LogP contribution in [-0.4, -0.2) is 48.5 Å². The molecule has 0 radical (unpaired) electrons. The van der Waals surface area contributed by atoms with Gasteiger partial charge in [-0.2, -0.15) is 0 Å². The van der Waals surface area contributed by atoms with Crippen molar-refractivity contribution in [1.29, 1.82) is 0 Å². The Morgan fingerprint density at radius 2 is 1.86 bits per heavy atom. The van der Waals surface area contributed by atoms with Gasteiger partial charge in [-0.3, -0.25) is 9.98 Å². The van der Waals surface area contributed by atoms with Gasteiger partial charge in [0.2, 0.25) is 0 Å². The van der Waals surface area contributed by atoms with E-state index in [-0.39, 0.29) is 6.17 Å². The van der Waals surface area contributed by atoms with E-state index >= 15 is 0 Å². The van der Waals surface area contributed by atoms with Crippen molar-refractivity contribution in [2.24, 2.45) is 15.9 Å². The number of aromatic nitrogens is 3. The average molecular weight is 511 g/mol. The maximum absolute atomic E-state index is 6.86. The summed E-state index contributed by atoms with van der Waals surface area (Å²) in [6.07, 6.45) is 6.24. The fraction of sp³-hybridized carbons (Fsp3) is 0.538. The number of piperidine rings is 1. The minimum Gasteiger partial charge on any atom is -0.361 e. The largest absolute Gasteiger partial charge is 0.361 e. The molecule has 1 saturated heterocycles. The first-order valence-electron chi connectivity index (χ1n) is 12.6. The number of anilines is 1. The molecular weight excluding hydrogens is 476 g/mol. The molecule has 1 aromatic carbocycles. The normalized spacial score (nSPS) is 18.6. The molecule has 186 valence electrons. The monoisotopic (exact) mass is 510 g/mol. The fourth-order valence-electron chi connectivity index (χ4n) is 4.67. The van der Waals surface area contributed by atoms with E-state index in [9.17, 15) is 0 Å². The van der Waals surface area contributed by atoms with Gasteiger partial charge in [0.1, 0.15) is 29.6 Å². The van der Waals surface area contributed by atoms with Crippen LogP contribution < -0.4 is 15.6 Å². The van der Waals surface area contributed by atoms with Crippen LogP contribution in [0, 0.1) is 5.92 Å². The third kappa shape index (κ3) is 5.15. The Balaban J connectivity index is 1.54. The van der Waals surface area contributed by atoms with E-state index in [1.54, 1.807) is 0 Å². The van der Waals surface area contributed by atoms with Crippen LogP contribution in [0.1, 0.15) is 26.7 Å².